The van der Waals surface area contributed by atoms with Crippen LogP contribution in [0.5, 0.6) is 5.75 Å². The van der Waals surface area contributed by atoms with E-state index >= 15 is 0 Å². The number of hydrogen-bond donors (Lipinski definition) is 1. The molecule has 0 spiro atoms. The Labute approximate surface area is 181 Å². The number of anilines is 1. The normalized spacial score (nSPS) is 16.2. The summed E-state index contributed by atoms with van der Waals surface area (Å²) in [5.41, 5.74) is 0.714. The maximum absolute atomic E-state index is 12.7. The maximum atomic E-state index is 12.7. The van der Waals surface area contributed by atoms with E-state index in [9.17, 15) is 13.2 Å². The topological polar surface area (TPSA) is 88.6 Å². The van der Waals surface area contributed by atoms with E-state index in [2.05, 4.69) is 10.3 Å². The van der Waals surface area contributed by atoms with Crippen LogP contribution in [-0.4, -0.2) is 43.8 Å². The molecular formula is C18H18ClN3O4S3. The minimum Gasteiger partial charge on any atom is -0.494 e. The number of aromatic nitrogens is 1. The number of nitrogens with zero attached hydrogens (tertiary/aromatic N) is 2. The van der Waals surface area contributed by atoms with Gasteiger partial charge in [-0.1, -0.05) is 29.0 Å². The van der Waals surface area contributed by atoms with Crippen molar-refractivity contribution in [2.75, 3.05) is 25.5 Å². The summed E-state index contributed by atoms with van der Waals surface area (Å²) in [4.78, 5) is 17.1. The lowest BCUT2D eigenvalue weighted by Crippen LogP contribution is -2.41. The van der Waals surface area contributed by atoms with Crippen molar-refractivity contribution in [2.24, 2.45) is 5.92 Å². The number of carbonyl (C=O) groups excluding carboxylic acids is 1. The number of thiophene rings is 1. The Bertz CT molecular complexity index is 1150. The summed E-state index contributed by atoms with van der Waals surface area (Å²) in [6, 6.07) is 8.71. The van der Waals surface area contributed by atoms with Crippen molar-refractivity contribution in [3.8, 4) is 5.75 Å². The molecule has 11 heteroatoms. The van der Waals surface area contributed by atoms with Gasteiger partial charge in [0.15, 0.2) is 5.13 Å². The predicted octanol–water partition coefficient (Wildman–Crippen LogP) is 4.06. The largest absolute Gasteiger partial charge is 0.494 e. The van der Waals surface area contributed by atoms with Crippen LogP contribution in [0.2, 0.25) is 4.34 Å². The third-order valence-electron chi connectivity index (χ3n) is 4.80. The Morgan fingerprint density at radius 1 is 1.24 bits per heavy atom. The number of benzene rings is 1. The second-order valence-corrected chi connectivity index (χ2v) is 11.5. The smallest absolute Gasteiger partial charge is 0.252 e. The summed E-state index contributed by atoms with van der Waals surface area (Å²) >= 11 is 8.29. The molecule has 1 saturated heterocycles. The average Bonchev–Trinajstić information content (AvgIpc) is 3.33. The summed E-state index contributed by atoms with van der Waals surface area (Å²) in [5, 5.41) is 3.38. The van der Waals surface area contributed by atoms with E-state index in [1.54, 1.807) is 13.2 Å². The van der Waals surface area contributed by atoms with Gasteiger partial charge in [0.25, 0.3) is 10.0 Å². The van der Waals surface area contributed by atoms with Crippen molar-refractivity contribution in [1.29, 1.82) is 0 Å². The van der Waals surface area contributed by atoms with Gasteiger partial charge in [-0.15, -0.1) is 11.3 Å². The fraction of sp³-hybridized carbons (Fsp3) is 0.333. The van der Waals surface area contributed by atoms with Gasteiger partial charge < -0.3 is 10.1 Å². The number of para-hydroxylation sites is 1. The fourth-order valence-corrected chi connectivity index (χ4v) is 7.26. The zero-order valence-corrected chi connectivity index (χ0v) is 18.6. The molecule has 0 unspecified atom stereocenters. The van der Waals surface area contributed by atoms with E-state index in [4.69, 9.17) is 16.3 Å². The van der Waals surface area contributed by atoms with Crippen LogP contribution >= 0.6 is 34.3 Å². The van der Waals surface area contributed by atoms with Gasteiger partial charge in [-0.05, 0) is 37.1 Å². The van der Waals surface area contributed by atoms with Crippen LogP contribution in [0.15, 0.2) is 34.5 Å². The second-order valence-electron chi connectivity index (χ2n) is 6.55. The predicted molar refractivity (Wildman–Crippen MR) is 116 cm³/mol. The van der Waals surface area contributed by atoms with Crippen LogP contribution in [-0.2, 0) is 14.8 Å². The molecule has 0 saturated carbocycles. The van der Waals surface area contributed by atoms with E-state index in [1.807, 2.05) is 18.2 Å². The molecule has 1 fully saturated rings. The first-order chi connectivity index (χ1) is 13.9. The summed E-state index contributed by atoms with van der Waals surface area (Å²) in [5.74, 6) is 0.257. The van der Waals surface area contributed by atoms with Gasteiger partial charge in [0, 0.05) is 19.0 Å². The van der Waals surface area contributed by atoms with Crippen molar-refractivity contribution in [2.45, 2.75) is 17.1 Å². The van der Waals surface area contributed by atoms with Crippen LogP contribution in [0.25, 0.3) is 10.2 Å². The lowest BCUT2D eigenvalue weighted by atomic mass is 9.97. The van der Waals surface area contributed by atoms with Crippen molar-refractivity contribution in [1.82, 2.24) is 9.29 Å². The number of hydrogen-bond acceptors (Lipinski definition) is 7. The molecule has 1 aliphatic rings. The highest BCUT2D eigenvalue weighted by Gasteiger charge is 2.33. The molecule has 3 heterocycles. The number of nitrogens with one attached hydrogen (secondary N) is 1. The first-order valence-electron chi connectivity index (χ1n) is 8.88. The number of ether oxygens (including phenoxy) is 1. The number of carbonyl (C=O) groups is 1. The molecule has 1 amide bonds. The molecule has 3 aromatic rings. The van der Waals surface area contributed by atoms with Gasteiger partial charge in [-0.3, -0.25) is 4.79 Å². The van der Waals surface area contributed by atoms with Gasteiger partial charge >= 0.3 is 0 Å². The maximum Gasteiger partial charge on any atom is 0.252 e. The van der Waals surface area contributed by atoms with Crippen LogP contribution < -0.4 is 10.1 Å². The molecule has 0 atom stereocenters. The van der Waals surface area contributed by atoms with Crippen molar-refractivity contribution in [3.63, 3.8) is 0 Å². The second kappa shape index (κ2) is 8.19. The van der Waals surface area contributed by atoms with Gasteiger partial charge in [0.05, 0.1) is 16.1 Å². The molecule has 0 bridgehead atoms. The molecule has 7 nitrogen and oxygen atoms in total. The number of piperidine rings is 1. The highest BCUT2D eigenvalue weighted by Crippen LogP contribution is 2.33. The van der Waals surface area contributed by atoms with Crippen LogP contribution in [0, 0.1) is 5.92 Å². The zero-order chi connectivity index (χ0) is 20.6. The first kappa shape index (κ1) is 20.5. The summed E-state index contributed by atoms with van der Waals surface area (Å²) in [6.07, 6.45) is 0.913. The molecule has 1 aliphatic heterocycles. The molecule has 1 N–H and O–H groups in total. The molecule has 1 aromatic carbocycles. The number of methoxy groups -OCH3 is 1. The lowest BCUT2D eigenvalue weighted by molar-refractivity contribution is -0.120. The first-order valence-corrected chi connectivity index (χ1v) is 12.3. The molecule has 0 aliphatic carbocycles. The highest BCUT2D eigenvalue weighted by atomic mass is 35.5. The summed E-state index contributed by atoms with van der Waals surface area (Å²) < 4.78 is 33.7. The van der Waals surface area contributed by atoms with Gasteiger partial charge in [-0.2, -0.15) is 4.31 Å². The van der Waals surface area contributed by atoms with Gasteiger partial charge in [-0.25, -0.2) is 13.4 Å². The number of sulfonamides is 1. The number of thiazole rings is 1. The molecule has 4 rings (SSSR count). The lowest BCUT2D eigenvalue weighted by Gasteiger charge is -2.29. The molecule has 29 heavy (non-hydrogen) atoms. The van der Waals surface area contributed by atoms with Crippen LogP contribution in [0.3, 0.4) is 0 Å². The monoisotopic (exact) mass is 471 g/mol. The van der Waals surface area contributed by atoms with E-state index in [-0.39, 0.29) is 16.0 Å². The minimum atomic E-state index is -3.56. The fourth-order valence-electron chi connectivity index (χ4n) is 3.27. The summed E-state index contributed by atoms with van der Waals surface area (Å²) in [6.45, 7) is 0.590. The van der Waals surface area contributed by atoms with E-state index in [1.165, 1.54) is 21.7 Å². The number of amides is 1. The Hall–Kier alpha value is -1.72. The number of halogens is 1. The highest BCUT2D eigenvalue weighted by molar-refractivity contribution is 7.91. The van der Waals surface area contributed by atoms with Crippen LogP contribution in [0.4, 0.5) is 5.13 Å². The Kier molecular flexibility index (Phi) is 5.80. The Morgan fingerprint density at radius 3 is 2.66 bits per heavy atom. The SMILES string of the molecule is COc1cccc2sc(NC(=O)C3CCN(S(=O)(=O)c4ccc(Cl)s4)CC3)nc12. The quantitative estimate of drug-likeness (QED) is 0.606. The van der Waals surface area contributed by atoms with Crippen molar-refractivity contribution >= 4 is 65.6 Å². The third kappa shape index (κ3) is 4.13. The van der Waals surface area contributed by atoms with E-state index in [0.717, 1.165) is 16.0 Å². The zero-order valence-electron chi connectivity index (χ0n) is 15.4. The van der Waals surface area contributed by atoms with Crippen molar-refractivity contribution < 1.29 is 17.9 Å². The molecule has 2 aromatic heterocycles. The summed E-state index contributed by atoms with van der Waals surface area (Å²) in [7, 11) is -1.98. The van der Waals surface area contributed by atoms with Gasteiger partial charge in [0.1, 0.15) is 15.5 Å². The number of rotatable bonds is 5. The third-order valence-corrected chi connectivity index (χ3v) is 9.33. The standard InChI is InChI=1S/C18H18ClN3O4S3/c1-26-12-3-2-4-13-16(12)20-18(27-13)21-17(23)11-7-9-22(10-8-11)29(24,25)15-6-5-14(19)28-15/h2-6,11H,7-10H2,1H3,(H,20,21,23). The van der Waals surface area contributed by atoms with Crippen LogP contribution in [0.1, 0.15) is 12.8 Å². The van der Waals surface area contributed by atoms with E-state index in [0.29, 0.717) is 46.7 Å². The minimum absolute atomic E-state index is 0.140. The van der Waals surface area contributed by atoms with Crippen molar-refractivity contribution in [3.05, 3.63) is 34.7 Å². The number of fused-ring (bicyclic) bond motifs is 1. The van der Waals surface area contributed by atoms with Gasteiger partial charge in [0.2, 0.25) is 5.91 Å². The molecular weight excluding hydrogens is 454 g/mol. The molecule has 154 valence electrons. The Morgan fingerprint density at radius 2 is 2.00 bits per heavy atom. The average molecular weight is 472 g/mol. The van der Waals surface area contributed by atoms with E-state index < -0.39 is 10.0 Å². The Balaban J connectivity index is 1.40. The molecule has 0 radical (unpaired) electrons.